The van der Waals surface area contributed by atoms with Crippen molar-refractivity contribution in [3.63, 3.8) is 0 Å². The lowest BCUT2D eigenvalue weighted by molar-refractivity contribution is 0.522. The molecule has 22 heavy (non-hydrogen) atoms. The van der Waals surface area contributed by atoms with Gasteiger partial charge in [-0.2, -0.15) is 9.64 Å². The minimum atomic E-state index is 0.702. The van der Waals surface area contributed by atoms with Crippen LogP contribution in [0, 0.1) is 11.3 Å². The van der Waals surface area contributed by atoms with Crippen LogP contribution in [-0.2, 0) is 0 Å². The third kappa shape index (κ3) is 2.41. The molecule has 0 atom stereocenters. The summed E-state index contributed by atoms with van der Waals surface area (Å²) in [5.74, 6) is 0. The molecular formula is C18H14N2S2. The van der Waals surface area contributed by atoms with Gasteiger partial charge in [0.05, 0.1) is 16.3 Å². The zero-order valence-corrected chi connectivity index (χ0v) is 13.6. The molecule has 1 saturated carbocycles. The van der Waals surface area contributed by atoms with Crippen molar-refractivity contribution < 1.29 is 0 Å². The Morgan fingerprint density at radius 1 is 1.14 bits per heavy atom. The number of hydrogen-bond donors (Lipinski definition) is 0. The molecule has 0 bridgehead atoms. The smallest absolute Gasteiger partial charge is 0.0991 e. The normalized spacial score (nSPS) is 14.7. The van der Waals surface area contributed by atoms with Gasteiger partial charge in [0.2, 0.25) is 0 Å². The average molecular weight is 322 g/mol. The van der Waals surface area contributed by atoms with Crippen molar-refractivity contribution in [1.29, 1.82) is 5.26 Å². The van der Waals surface area contributed by atoms with Crippen LogP contribution in [-0.4, -0.2) is 9.62 Å². The molecule has 1 aliphatic rings. The summed E-state index contributed by atoms with van der Waals surface area (Å²) in [5, 5.41) is 10.9. The van der Waals surface area contributed by atoms with Gasteiger partial charge in [0, 0.05) is 27.3 Å². The molecule has 1 aliphatic carbocycles. The van der Waals surface area contributed by atoms with E-state index >= 15 is 0 Å². The summed E-state index contributed by atoms with van der Waals surface area (Å²) in [6.07, 6.45) is 5.92. The number of aromatic nitrogens is 1. The third-order valence-electron chi connectivity index (χ3n) is 4.13. The first kappa shape index (κ1) is 13.8. The minimum absolute atomic E-state index is 0.702. The van der Waals surface area contributed by atoms with Crippen LogP contribution >= 0.6 is 23.3 Å². The van der Waals surface area contributed by atoms with Gasteiger partial charge in [0.1, 0.15) is 0 Å². The lowest BCUT2D eigenvalue weighted by atomic mass is 10.00. The fourth-order valence-corrected chi connectivity index (χ4v) is 4.96. The maximum absolute atomic E-state index is 8.99. The second kappa shape index (κ2) is 5.75. The molecule has 0 spiro atoms. The number of thioether (sulfide) groups is 1. The molecule has 4 rings (SSSR count). The molecule has 1 aromatic heterocycles. The Kier molecular flexibility index (Phi) is 3.61. The van der Waals surface area contributed by atoms with Gasteiger partial charge in [0.15, 0.2) is 0 Å². The molecule has 0 saturated heterocycles. The Balaban J connectivity index is 1.85. The Labute approximate surface area is 138 Å². The highest BCUT2D eigenvalue weighted by Crippen LogP contribution is 2.44. The predicted octanol–water partition coefficient (Wildman–Crippen LogP) is 5.48. The van der Waals surface area contributed by atoms with Gasteiger partial charge in [-0.25, -0.2) is 0 Å². The molecule has 0 N–H and O–H groups in total. The standard InChI is InChI=1S/C18H14N2S2/c19-10-12-4-6-13(7-5-12)17-16(21-15-2-1-3-15)9-8-14-11-20-22-18(14)17/h4-9,11,15H,1-3H2. The van der Waals surface area contributed by atoms with Crippen LogP contribution in [0.1, 0.15) is 24.8 Å². The molecule has 2 nitrogen and oxygen atoms in total. The van der Waals surface area contributed by atoms with Gasteiger partial charge in [-0.3, -0.25) is 0 Å². The van der Waals surface area contributed by atoms with Crippen LogP contribution in [0.2, 0.25) is 0 Å². The largest absolute Gasteiger partial charge is 0.200 e. The highest BCUT2D eigenvalue weighted by molar-refractivity contribution is 8.00. The van der Waals surface area contributed by atoms with E-state index in [4.69, 9.17) is 5.26 Å². The first-order valence-electron chi connectivity index (χ1n) is 7.40. The first-order chi connectivity index (χ1) is 10.8. The second-order valence-electron chi connectivity index (χ2n) is 5.54. The van der Waals surface area contributed by atoms with E-state index in [0.717, 1.165) is 5.25 Å². The zero-order chi connectivity index (χ0) is 14.9. The van der Waals surface area contributed by atoms with Gasteiger partial charge >= 0.3 is 0 Å². The number of nitriles is 1. The Bertz CT molecular complexity index is 855. The van der Waals surface area contributed by atoms with E-state index in [1.807, 2.05) is 30.1 Å². The van der Waals surface area contributed by atoms with E-state index in [-0.39, 0.29) is 0 Å². The Hall–Kier alpha value is -1.83. The highest BCUT2D eigenvalue weighted by Gasteiger charge is 2.21. The summed E-state index contributed by atoms with van der Waals surface area (Å²) in [6, 6.07) is 14.5. The minimum Gasteiger partial charge on any atom is -0.200 e. The second-order valence-corrected chi connectivity index (χ2v) is 7.69. The van der Waals surface area contributed by atoms with Crippen molar-refractivity contribution in [2.75, 3.05) is 0 Å². The molecule has 0 amide bonds. The lowest BCUT2D eigenvalue weighted by Gasteiger charge is -2.25. The topological polar surface area (TPSA) is 36.7 Å². The summed E-state index contributed by atoms with van der Waals surface area (Å²) in [4.78, 5) is 1.34. The van der Waals surface area contributed by atoms with Crippen molar-refractivity contribution in [2.24, 2.45) is 0 Å². The molecule has 1 fully saturated rings. The average Bonchev–Trinajstić information content (AvgIpc) is 2.99. The lowest BCUT2D eigenvalue weighted by Crippen LogP contribution is -2.12. The molecule has 0 unspecified atom stereocenters. The van der Waals surface area contributed by atoms with Crippen LogP contribution in [0.25, 0.3) is 21.2 Å². The van der Waals surface area contributed by atoms with Gasteiger partial charge in [-0.15, -0.1) is 11.8 Å². The Morgan fingerprint density at radius 2 is 1.95 bits per heavy atom. The molecule has 108 valence electrons. The zero-order valence-electron chi connectivity index (χ0n) is 12.0. The predicted molar refractivity (Wildman–Crippen MR) is 93.3 cm³/mol. The van der Waals surface area contributed by atoms with Crippen LogP contribution in [0.3, 0.4) is 0 Å². The highest BCUT2D eigenvalue weighted by atomic mass is 32.2. The molecule has 3 aromatic rings. The summed E-state index contributed by atoms with van der Waals surface area (Å²) in [5.41, 5.74) is 3.16. The fraction of sp³-hybridized carbons (Fsp3) is 0.222. The molecule has 4 heteroatoms. The first-order valence-corrected chi connectivity index (χ1v) is 9.05. The van der Waals surface area contributed by atoms with Crippen LogP contribution in [0.15, 0.2) is 47.5 Å². The molecule has 1 heterocycles. The third-order valence-corrected chi connectivity index (χ3v) is 6.37. The van der Waals surface area contributed by atoms with E-state index in [0.29, 0.717) is 5.56 Å². The molecule has 0 radical (unpaired) electrons. The molecular weight excluding hydrogens is 308 g/mol. The van der Waals surface area contributed by atoms with Crippen molar-refractivity contribution in [2.45, 2.75) is 29.4 Å². The number of rotatable bonds is 3. The molecule has 0 aliphatic heterocycles. The van der Waals surface area contributed by atoms with Crippen LogP contribution in [0.4, 0.5) is 0 Å². The van der Waals surface area contributed by atoms with E-state index in [1.165, 1.54) is 45.4 Å². The number of benzene rings is 2. The Morgan fingerprint density at radius 3 is 2.64 bits per heavy atom. The summed E-state index contributed by atoms with van der Waals surface area (Å²) in [7, 11) is 0. The molecule has 2 aromatic carbocycles. The van der Waals surface area contributed by atoms with E-state index in [9.17, 15) is 0 Å². The maximum atomic E-state index is 8.99. The summed E-state index contributed by atoms with van der Waals surface area (Å²) >= 11 is 3.55. The fourth-order valence-electron chi connectivity index (χ4n) is 2.67. The number of nitrogens with zero attached hydrogens (tertiary/aromatic N) is 2. The summed E-state index contributed by atoms with van der Waals surface area (Å²) in [6.45, 7) is 0. The van der Waals surface area contributed by atoms with E-state index in [1.54, 1.807) is 11.5 Å². The quantitative estimate of drug-likeness (QED) is 0.640. The van der Waals surface area contributed by atoms with Crippen molar-refractivity contribution >= 4 is 33.4 Å². The van der Waals surface area contributed by atoms with Gasteiger partial charge in [0.25, 0.3) is 0 Å². The van der Waals surface area contributed by atoms with Gasteiger partial charge in [-0.1, -0.05) is 24.6 Å². The van der Waals surface area contributed by atoms with Gasteiger partial charge < -0.3 is 0 Å². The summed E-state index contributed by atoms with van der Waals surface area (Å²) < 4.78 is 5.60. The number of fused-ring (bicyclic) bond motifs is 1. The van der Waals surface area contributed by atoms with Crippen molar-refractivity contribution in [3.8, 4) is 17.2 Å². The van der Waals surface area contributed by atoms with E-state index in [2.05, 4.69) is 34.7 Å². The van der Waals surface area contributed by atoms with Crippen LogP contribution in [0.5, 0.6) is 0 Å². The van der Waals surface area contributed by atoms with Crippen molar-refractivity contribution in [3.05, 3.63) is 48.2 Å². The van der Waals surface area contributed by atoms with Crippen LogP contribution < -0.4 is 0 Å². The van der Waals surface area contributed by atoms with Gasteiger partial charge in [-0.05, 0) is 48.1 Å². The maximum Gasteiger partial charge on any atom is 0.0991 e. The van der Waals surface area contributed by atoms with Crippen molar-refractivity contribution in [1.82, 2.24) is 4.37 Å². The monoisotopic (exact) mass is 322 g/mol. The van der Waals surface area contributed by atoms with E-state index < -0.39 is 0 Å². The SMILES string of the molecule is N#Cc1ccc(-c2c(SC3CCC3)ccc3cnsc23)cc1. The number of hydrogen-bond acceptors (Lipinski definition) is 4.